The summed E-state index contributed by atoms with van der Waals surface area (Å²) in [5, 5.41) is 4.02. The highest BCUT2D eigenvalue weighted by Gasteiger charge is 2.31. The summed E-state index contributed by atoms with van der Waals surface area (Å²) in [5.41, 5.74) is 4.73. The third-order valence-electron chi connectivity index (χ3n) is 5.08. The topological polar surface area (TPSA) is 83.3 Å². The fourth-order valence-electron chi connectivity index (χ4n) is 3.26. The van der Waals surface area contributed by atoms with Crippen LogP contribution < -0.4 is 10.3 Å². The molecule has 2 aromatic rings. The van der Waals surface area contributed by atoms with Crippen molar-refractivity contribution in [2.75, 3.05) is 32.7 Å². The number of nitrogens with zero attached hydrogens (tertiary/aromatic N) is 2. The molecule has 0 aromatic heterocycles. The van der Waals surface area contributed by atoms with Crippen LogP contribution in [0.1, 0.15) is 18.1 Å². The van der Waals surface area contributed by atoms with Gasteiger partial charge in [0.2, 0.25) is 10.0 Å². The summed E-state index contributed by atoms with van der Waals surface area (Å²) in [6, 6.07) is 14.6. The van der Waals surface area contributed by atoms with Crippen LogP contribution in [0.3, 0.4) is 0 Å². The first kappa shape index (κ1) is 22.6. The number of nitrogens with one attached hydrogen (secondary N) is 2. The van der Waals surface area contributed by atoms with Gasteiger partial charge in [-0.2, -0.15) is 9.41 Å². The molecular weight excluding hydrogens is 468 g/mol. The number of piperazine rings is 1. The van der Waals surface area contributed by atoms with Gasteiger partial charge in [0.05, 0.1) is 37.3 Å². The molecule has 0 spiro atoms. The maximum Gasteiger partial charge on any atom is 0.295 e. The summed E-state index contributed by atoms with van der Waals surface area (Å²) in [6.07, 6.45) is 2.60. The highest BCUT2D eigenvalue weighted by Crippen LogP contribution is 2.18. The number of quaternary nitrogens is 1. The molecular formula is C21H26BrN4O3S+. The number of hydrogen-bond acceptors (Lipinski definition) is 4. The minimum absolute atomic E-state index is 0.185. The molecule has 0 atom stereocenters. The summed E-state index contributed by atoms with van der Waals surface area (Å²) in [7, 11) is -3.51. The Morgan fingerprint density at radius 3 is 2.37 bits per heavy atom. The standard InChI is InChI=1S/C21H25BrN4O3S/c1-2-17-3-5-18(6-4-17)15-23-24-21(27)16-25-11-13-26(14-12-25)30(28,29)20-9-7-19(22)8-10-20/h3-10,15H,2,11-14,16H2,1H3,(H,24,27)/p+1/b23-15-. The van der Waals surface area contributed by atoms with Crippen LogP contribution in [-0.4, -0.2) is 57.6 Å². The number of aryl methyl sites for hydroxylation is 1. The monoisotopic (exact) mass is 493 g/mol. The number of sulfonamides is 1. The van der Waals surface area contributed by atoms with E-state index in [9.17, 15) is 13.2 Å². The molecule has 160 valence electrons. The summed E-state index contributed by atoms with van der Waals surface area (Å²) in [5.74, 6) is -0.185. The lowest BCUT2D eigenvalue weighted by Crippen LogP contribution is -3.15. The van der Waals surface area contributed by atoms with Gasteiger partial charge in [-0.1, -0.05) is 47.1 Å². The van der Waals surface area contributed by atoms with Crippen LogP contribution in [-0.2, 0) is 21.2 Å². The number of hydrogen-bond donors (Lipinski definition) is 2. The zero-order chi connectivity index (χ0) is 21.6. The van der Waals surface area contributed by atoms with Crippen LogP contribution >= 0.6 is 15.9 Å². The zero-order valence-corrected chi connectivity index (χ0v) is 19.2. The molecule has 0 radical (unpaired) electrons. The van der Waals surface area contributed by atoms with Crippen LogP contribution in [0.2, 0.25) is 0 Å². The van der Waals surface area contributed by atoms with Gasteiger partial charge in [0.25, 0.3) is 5.91 Å². The number of hydrazone groups is 1. The van der Waals surface area contributed by atoms with E-state index in [2.05, 4.69) is 33.4 Å². The van der Waals surface area contributed by atoms with E-state index >= 15 is 0 Å². The van der Waals surface area contributed by atoms with Crippen LogP contribution in [0, 0.1) is 0 Å². The molecule has 2 N–H and O–H groups in total. The minimum atomic E-state index is -3.51. The number of amides is 1. The van der Waals surface area contributed by atoms with E-state index in [-0.39, 0.29) is 17.3 Å². The Balaban J connectivity index is 1.46. The highest BCUT2D eigenvalue weighted by molar-refractivity contribution is 9.10. The quantitative estimate of drug-likeness (QED) is 0.446. The smallest absolute Gasteiger partial charge is 0.295 e. The summed E-state index contributed by atoms with van der Waals surface area (Å²) < 4.78 is 27.8. The van der Waals surface area contributed by atoms with Crippen molar-refractivity contribution in [2.24, 2.45) is 5.10 Å². The second-order valence-electron chi connectivity index (χ2n) is 7.17. The highest BCUT2D eigenvalue weighted by atomic mass is 79.9. The second kappa shape index (κ2) is 10.3. The lowest BCUT2D eigenvalue weighted by molar-refractivity contribution is -0.895. The summed E-state index contributed by atoms with van der Waals surface area (Å²) in [6.45, 7) is 4.28. The van der Waals surface area contributed by atoms with Crippen molar-refractivity contribution in [3.8, 4) is 0 Å². The Morgan fingerprint density at radius 2 is 1.77 bits per heavy atom. The summed E-state index contributed by atoms with van der Waals surface area (Å²) in [4.78, 5) is 13.5. The van der Waals surface area contributed by atoms with Crippen molar-refractivity contribution in [3.63, 3.8) is 0 Å². The molecule has 0 saturated carbocycles. The molecule has 1 fully saturated rings. The molecule has 2 aromatic carbocycles. The SMILES string of the molecule is CCc1ccc(/C=N\NC(=O)C[NH+]2CCN(S(=O)(=O)c3ccc(Br)cc3)CC2)cc1. The van der Waals surface area contributed by atoms with Crippen LogP contribution in [0.15, 0.2) is 63.0 Å². The van der Waals surface area contributed by atoms with Crippen molar-refractivity contribution in [3.05, 3.63) is 64.1 Å². The number of halogens is 1. The van der Waals surface area contributed by atoms with E-state index in [1.54, 1.807) is 30.5 Å². The molecule has 1 saturated heterocycles. The Kier molecular flexibility index (Phi) is 7.76. The minimum Gasteiger partial charge on any atom is -0.325 e. The van der Waals surface area contributed by atoms with Crippen molar-refractivity contribution in [1.29, 1.82) is 0 Å². The first-order valence-corrected chi connectivity index (χ1v) is 12.1. The van der Waals surface area contributed by atoms with Gasteiger partial charge >= 0.3 is 0 Å². The van der Waals surface area contributed by atoms with Crippen molar-refractivity contribution in [1.82, 2.24) is 9.73 Å². The molecule has 1 aliphatic rings. The van der Waals surface area contributed by atoms with E-state index in [1.807, 2.05) is 24.3 Å². The fraction of sp³-hybridized carbons (Fsp3) is 0.333. The number of rotatable bonds is 7. The first-order chi connectivity index (χ1) is 14.4. The summed E-state index contributed by atoms with van der Waals surface area (Å²) >= 11 is 3.32. The molecule has 0 unspecified atom stereocenters. The average Bonchev–Trinajstić information content (AvgIpc) is 2.75. The largest absolute Gasteiger partial charge is 0.325 e. The van der Waals surface area contributed by atoms with Crippen LogP contribution in [0.25, 0.3) is 0 Å². The molecule has 1 heterocycles. The Hall–Kier alpha value is -2.07. The number of carbonyl (C=O) groups excluding carboxylic acids is 1. The van der Waals surface area contributed by atoms with E-state index in [4.69, 9.17) is 0 Å². The Bertz CT molecular complexity index is 984. The molecule has 0 aliphatic carbocycles. The maximum absolute atomic E-state index is 12.7. The van der Waals surface area contributed by atoms with Gasteiger partial charge in [-0.15, -0.1) is 0 Å². The van der Waals surface area contributed by atoms with Crippen molar-refractivity contribution in [2.45, 2.75) is 18.2 Å². The first-order valence-electron chi connectivity index (χ1n) is 9.88. The second-order valence-corrected chi connectivity index (χ2v) is 10.0. The van der Waals surface area contributed by atoms with Crippen LogP contribution in [0.4, 0.5) is 0 Å². The zero-order valence-electron chi connectivity index (χ0n) is 16.8. The van der Waals surface area contributed by atoms with Gasteiger partial charge < -0.3 is 4.90 Å². The molecule has 1 amide bonds. The van der Waals surface area contributed by atoms with E-state index in [0.29, 0.717) is 26.2 Å². The fourth-order valence-corrected chi connectivity index (χ4v) is 4.97. The molecule has 3 rings (SSSR count). The molecule has 1 aliphatic heterocycles. The average molecular weight is 494 g/mol. The van der Waals surface area contributed by atoms with Gasteiger partial charge in [0.1, 0.15) is 0 Å². The normalized spacial score (nSPS) is 16.1. The molecule has 7 nitrogen and oxygen atoms in total. The van der Waals surface area contributed by atoms with E-state index in [1.165, 1.54) is 9.87 Å². The van der Waals surface area contributed by atoms with Gasteiger partial charge in [0, 0.05) is 4.47 Å². The van der Waals surface area contributed by atoms with E-state index in [0.717, 1.165) is 21.4 Å². The van der Waals surface area contributed by atoms with Gasteiger partial charge in [-0.3, -0.25) is 4.79 Å². The number of benzene rings is 2. The van der Waals surface area contributed by atoms with Crippen molar-refractivity contribution >= 4 is 38.1 Å². The lowest BCUT2D eigenvalue weighted by atomic mass is 10.1. The number of carbonyl (C=O) groups is 1. The molecule has 30 heavy (non-hydrogen) atoms. The Morgan fingerprint density at radius 1 is 1.13 bits per heavy atom. The predicted molar refractivity (Wildman–Crippen MR) is 120 cm³/mol. The Labute approximate surface area is 185 Å². The van der Waals surface area contributed by atoms with E-state index < -0.39 is 10.0 Å². The van der Waals surface area contributed by atoms with Crippen molar-refractivity contribution < 1.29 is 18.1 Å². The lowest BCUT2D eigenvalue weighted by Gasteiger charge is -2.31. The third-order valence-corrected chi connectivity index (χ3v) is 7.52. The van der Waals surface area contributed by atoms with Gasteiger partial charge in [-0.05, 0) is 41.8 Å². The third kappa shape index (κ3) is 5.98. The van der Waals surface area contributed by atoms with Gasteiger partial charge in [0.15, 0.2) is 6.54 Å². The maximum atomic E-state index is 12.7. The predicted octanol–water partition coefficient (Wildman–Crippen LogP) is 1.05. The van der Waals surface area contributed by atoms with Gasteiger partial charge in [-0.25, -0.2) is 13.8 Å². The molecule has 0 bridgehead atoms. The van der Waals surface area contributed by atoms with Crippen LogP contribution in [0.5, 0.6) is 0 Å². The molecule has 9 heteroatoms.